The first-order valence-electron chi connectivity index (χ1n) is 3.17. The van der Waals surface area contributed by atoms with Gasteiger partial charge in [-0.05, 0) is 18.2 Å². The van der Waals surface area contributed by atoms with E-state index >= 15 is 0 Å². The van der Waals surface area contributed by atoms with Crippen LogP contribution in [0.4, 0.5) is 0 Å². The van der Waals surface area contributed by atoms with E-state index in [-0.39, 0.29) is 0 Å². The predicted molar refractivity (Wildman–Crippen MR) is 42.9 cm³/mol. The van der Waals surface area contributed by atoms with E-state index in [2.05, 4.69) is 21.4 Å². The molecular weight excluding hydrogens is 210 g/mol. The van der Waals surface area contributed by atoms with Crippen molar-refractivity contribution in [2.75, 3.05) is 0 Å². The first kappa shape index (κ1) is 7.09. The average molecular weight is 216 g/mol. The Labute approximate surface area is 72.1 Å². The molecule has 0 bridgehead atoms. The molecule has 1 aromatic rings. The van der Waals surface area contributed by atoms with Crippen LogP contribution in [0, 0.1) is 0 Å². The first-order valence-corrected chi connectivity index (χ1v) is 3.96. The Hall–Kier alpha value is -0.580. The number of hydrogen-bond acceptors (Lipinski definition) is 3. The van der Waals surface area contributed by atoms with Crippen LogP contribution < -0.4 is 10.3 Å². The van der Waals surface area contributed by atoms with E-state index in [9.17, 15) is 5.11 Å². The molecule has 0 saturated heterocycles. The van der Waals surface area contributed by atoms with Gasteiger partial charge in [0.25, 0.3) is 0 Å². The van der Waals surface area contributed by atoms with Crippen molar-refractivity contribution < 1.29 is 9.94 Å². The maximum Gasteiger partial charge on any atom is 0.166 e. The lowest BCUT2D eigenvalue weighted by Crippen LogP contribution is -2.15. The molecule has 58 valence electrons. The molecule has 0 aliphatic carbocycles. The van der Waals surface area contributed by atoms with Gasteiger partial charge in [0.15, 0.2) is 12.0 Å². The first-order chi connectivity index (χ1) is 5.27. The van der Waals surface area contributed by atoms with Crippen LogP contribution in [0.25, 0.3) is 0 Å². The number of aliphatic hydroxyl groups excluding tert-OH is 1. The van der Waals surface area contributed by atoms with Crippen molar-refractivity contribution in [3.05, 3.63) is 28.2 Å². The number of nitrogens with one attached hydrogen (secondary N) is 1. The van der Waals surface area contributed by atoms with Crippen molar-refractivity contribution >= 4 is 15.9 Å². The third-order valence-electron chi connectivity index (χ3n) is 1.55. The van der Waals surface area contributed by atoms with Crippen LogP contribution in [-0.2, 0) is 0 Å². The Kier molecular flexibility index (Phi) is 1.60. The summed E-state index contributed by atoms with van der Waals surface area (Å²) in [5, 5.41) is 9.25. The molecule has 2 N–H and O–H groups in total. The van der Waals surface area contributed by atoms with Crippen LogP contribution in [0.5, 0.6) is 5.75 Å². The second-order valence-corrected chi connectivity index (χ2v) is 3.22. The van der Waals surface area contributed by atoms with E-state index in [1.54, 1.807) is 6.07 Å². The van der Waals surface area contributed by atoms with E-state index in [1.165, 1.54) is 0 Å². The zero-order valence-electron chi connectivity index (χ0n) is 5.54. The zero-order valence-corrected chi connectivity index (χ0v) is 7.13. The standard InChI is InChI=1S/C7H6BrNO2/c8-4-1-2-6-5(3-4)7(10)9-11-6/h1-3,7,9-10H. The van der Waals surface area contributed by atoms with Crippen LogP contribution in [0.1, 0.15) is 11.8 Å². The van der Waals surface area contributed by atoms with E-state index in [1.807, 2.05) is 12.1 Å². The highest BCUT2D eigenvalue weighted by molar-refractivity contribution is 9.10. The molecule has 2 rings (SSSR count). The molecule has 11 heavy (non-hydrogen) atoms. The summed E-state index contributed by atoms with van der Waals surface area (Å²) >= 11 is 3.30. The largest absolute Gasteiger partial charge is 0.405 e. The molecule has 0 fully saturated rings. The Morgan fingerprint density at radius 2 is 2.36 bits per heavy atom. The molecule has 0 saturated carbocycles. The number of hydroxylamine groups is 1. The zero-order chi connectivity index (χ0) is 7.84. The second-order valence-electron chi connectivity index (χ2n) is 2.30. The smallest absolute Gasteiger partial charge is 0.166 e. The summed E-state index contributed by atoms with van der Waals surface area (Å²) in [5.41, 5.74) is 3.21. The number of fused-ring (bicyclic) bond motifs is 1. The van der Waals surface area contributed by atoms with Crippen molar-refractivity contribution in [3.8, 4) is 5.75 Å². The van der Waals surface area contributed by atoms with Gasteiger partial charge in [-0.2, -0.15) is 0 Å². The normalized spacial score (nSPS) is 21.1. The van der Waals surface area contributed by atoms with E-state index in [0.29, 0.717) is 5.75 Å². The fraction of sp³-hybridized carbons (Fsp3) is 0.143. The van der Waals surface area contributed by atoms with Crippen molar-refractivity contribution in [2.24, 2.45) is 0 Å². The van der Waals surface area contributed by atoms with Gasteiger partial charge < -0.3 is 9.94 Å². The highest BCUT2D eigenvalue weighted by atomic mass is 79.9. The quantitative estimate of drug-likeness (QED) is 0.687. The minimum absolute atomic E-state index is 0.681. The summed E-state index contributed by atoms with van der Waals surface area (Å²) in [6.45, 7) is 0. The molecule has 1 aliphatic rings. The fourth-order valence-corrected chi connectivity index (χ4v) is 1.39. The van der Waals surface area contributed by atoms with Gasteiger partial charge in [0.1, 0.15) is 0 Å². The minimum atomic E-state index is -0.706. The van der Waals surface area contributed by atoms with Crippen molar-refractivity contribution in [1.29, 1.82) is 0 Å². The van der Waals surface area contributed by atoms with Crippen LogP contribution in [-0.4, -0.2) is 5.11 Å². The van der Waals surface area contributed by atoms with Gasteiger partial charge in [-0.3, -0.25) is 0 Å². The van der Waals surface area contributed by atoms with Gasteiger partial charge in [-0.1, -0.05) is 15.9 Å². The van der Waals surface area contributed by atoms with Crippen LogP contribution in [0.3, 0.4) is 0 Å². The third kappa shape index (κ3) is 1.13. The third-order valence-corrected chi connectivity index (χ3v) is 2.04. The fourth-order valence-electron chi connectivity index (χ4n) is 1.01. The maximum atomic E-state index is 9.25. The summed E-state index contributed by atoms with van der Waals surface area (Å²) in [6, 6.07) is 5.47. The molecule has 3 nitrogen and oxygen atoms in total. The van der Waals surface area contributed by atoms with Crippen molar-refractivity contribution in [2.45, 2.75) is 6.23 Å². The summed E-state index contributed by atoms with van der Waals surface area (Å²) in [4.78, 5) is 4.94. The molecule has 1 aliphatic heterocycles. The summed E-state index contributed by atoms with van der Waals surface area (Å²) in [6.07, 6.45) is -0.706. The Morgan fingerprint density at radius 3 is 3.18 bits per heavy atom. The minimum Gasteiger partial charge on any atom is -0.405 e. The second kappa shape index (κ2) is 2.48. The van der Waals surface area contributed by atoms with Gasteiger partial charge in [0.2, 0.25) is 0 Å². The number of aliphatic hydroxyl groups is 1. The predicted octanol–water partition coefficient (Wildman–Crippen LogP) is 1.34. The maximum absolute atomic E-state index is 9.25. The van der Waals surface area contributed by atoms with Crippen molar-refractivity contribution in [3.63, 3.8) is 0 Å². The molecule has 0 spiro atoms. The Balaban J connectivity index is 2.52. The molecule has 0 amide bonds. The topological polar surface area (TPSA) is 41.5 Å². The highest BCUT2D eigenvalue weighted by Crippen LogP contribution is 2.31. The average Bonchev–Trinajstić information content (AvgIpc) is 2.33. The summed E-state index contributed by atoms with van der Waals surface area (Å²) in [7, 11) is 0. The van der Waals surface area contributed by atoms with Gasteiger partial charge in [0, 0.05) is 10.0 Å². The SMILES string of the molecule is OC1NOc2ccc(Br)cc21. The summed E-state index contributed by atoms with van der Waals surface area (Å²) in [5.74, 6) is 0.681. The van der Waals surface area contributed by atoms with E-state index in [0.717, 1.165) is 10.0 Å². The van der Waals surface area contributed by atoms with E-state index in [4.69, 9.17) is 4.84 Å². The van der Waals surface area contributed by atoms with Gasteiger partial charge in [0.05, 0.1) is 0 Å². The molecule has 1 heterocycles. The Morgan fingerprint density at radius 1 is 1.55 bits per heavy atom. The molecule has 1 unspecified atom stereocenters. The number of rotatable bonds is 0. The number of halogens is 1. The molecule has 0 radical (unpaired) electrons. The van der Waals surface area contributed by atoms with Crippen molar-refractivity contribution in [1.82, 2.24) is 5.48 Å². The van der Waals surface area contributed by atoms with E-state index < -0.39 is 6.23 Å². The Bertz CT molecular complexity index is 290. The lowest BCUT2D eigenvalue weighted by molar-refractivity contribution is 0.0529. The highest BCUT2D eigenvalue weighted by Gasteiger charge is 2.20. The lowest BCUT2D eigenvalue weighted by Gasteiger charge is -1.97. The number of hydrogen-bond donors (Lipinski definition) is 2. The molecule has 1 aromatic carbocycles. The molecule has 4 heteroatoms. The molecular formula is C7H6BrNO2. The monoisotopic (exact) mass is 215 g/mol. The summed E-state index contributed by atoms with van der Waals surface area (Å²) < 4.78 is 0.933. The molecule has 1 atom stereocenters. The van der Waals surface area contributed by atoms with Crippen LogP contribution in [0.15, 0.2) is 22.7 Å². The van der Waals surface area contributed by atoms with Gasteiger partial charge in [-0.15, -0.1) is 5.48 Å². The number of benzene rings is 1. The van der Waals surface area contributed by atoms with Crippen LogP contribution in [0.2, 0.25) is 0 Å². The van der Waals surface area contributed by atoms with Crippen LogP contribution >= 0.6 is 15.9 Å². The van der Waals surface area contributed by atoms with Gasteiger partial charge >= 0.3 is 0 Å². The van der Waals surface area contributed by atoms with Gasteiger partial charge in [-0.25, -0.2) is 0 Å². The lowest BCUT2D eigenvalue weighted by atomic mass is 10.2. The molecule has 0 aromatic heterocycles.